The molecule has 0 spiro atoms. The van der Waals surface area contributed by atoms with Gasteiger partial charge < -0.3 is 14.2 Å². The van der Waals surface area contributed by atoms with E-state index in [0.29, 0.717) is 32.1 Å². The number of fused-ring (bicyclic) bond motifs is 1. The number of hydrogen-bond donors (Lipinski definition) is 0. The Labute approximate surface area is 279 Å². The monoisotopic (exact) mass is 752 g/mol. The summed E-state index contributed by atoms with van der Waals surface area (Å²) in [7, 11) is 1.55. The number of methoxy groups -OCH3 is 1. The van der Waals surface area contributed by atoms with E-state index in [2.05, 4.69) is 22.6 Å². The molecule has 0 bridgehead atoms. The van der Waals surface area contributed by atoms with Gasteiger partial charge in [0, 0.05) is 10.4 Å². The number of esters is 1. The van der Waals surface area contributed by atoms with E-state index < -0.39 is 12.0 Å². The summed E-state index contributed by atoms with van der Waals surface area (Å²) in [4.78, 5) is 33.8. The lowest BCUT2D eigenvalue weighted by Crippen LogP contribution is -2.39. The van der Waals surface area contributed by atoms with Crippen LogP contribution in [0.5, 0.6) is 11.5 Å². The van der Waals surface area contributed by atoms with E-state index in [-0.39, 0.29) is 24.6 Å². The Bertz CT molecular complexity index is 2070. The molecule has 7 nitrogen and oxygen atoms in total. The summed E-state index contributed by atoms with van der Waals surface area (Å²) in [6.45, 7) is 2.18. The molecule has 2 aromatic heterocycles. The SMILES string of the molecule is CCOC(=O)C1=C(c2ccccc2)N=c2s/c(=C\c3cc(I)c(OCc4ccc(F)cc4)c(OC)c3)c(=O)n2[C@@H]1c1cccs1. The maximum Gasteiger partial charge on any atom is 0.338 e. The first-order chi connectivity index (χ1) is 21.9. The van der Waals surface area contributed by atoms with Crippen LogP contribution in [0.3, 0.4) is 0 Å². The molecule has 0 unspecified atom stereocenters. The third-order valence-electron chi connectivity index (χ3n) is 7.03. The number of halogens is 2. The van der Waals surface area contributed by atoms with Crippen LogP contribution < -0.4 is 24.4 Å². The highest BCUT2D eigenvalue weighted by molar-refractivity contribution is 14.1. The molecular formula is C34H26FIN2O5S2. The first-order valence-corrected chi connectivity index (χ1v) is 16.7. The van der Waals surface area contributed by atoms with Crippen LogP contribution in [0.15, 0.2) is 99.6 Å². The Morgan fingerprint density at radius 2 is 1.87 bits per heavy atom. The van der Waals surface area contributed by atoms with Gasteiger partial charge in [0.1, 0.15) is 18.5 Å². The number of thiophene rings is 1. The van der Waals surface area contributed by atoms with Gasteiger partial charge in [0.25, 0.3) is 5.56 Å². The summed E-state index contributed by atoms with van der Waals surface area (Å²) in [5, 5.41) is 1.92. The number of ether oxygens (including phenoxy) is 3. The Kier molecular flexibility index (Phi) is 9.29. The lowest BCUT2D eigenvalue weighted by molar-refractivity contribution is -0.138. The summed E-state index contributed by atoms with van der Waals surface area (Å²) in [5.41, 5.74) is 2.85. The van der Waals surface area contributed by atoms with Crippen LogP contribution in [-0.2, 0) is 16.1 Å². The van der Waals surface area contributed by atoms with Crippen LogP contribution >= 0.6 is 45.3 Å². The van der Waals surface area contributed by atoms with E-state index in [4.69, 9.17) is 19.2 Å². The number of carbonyl (C=O) groups is 1. The van der Waals surface area contributed by atoms with Crippen LogP contribution in [0.2, 0.25) is 0 Å². The van der Waals surface area contributed by atoms with Crippen LogP contribution in [-0.4, -0.2) is 24.3 Å². The van der Waals surface area contributed by atoms with E-state index in [1.54, 1.807) is 42.9 Å². The van der Waals surface area contributed by atoms with Crippen molar-refractivity contribution in [1.29, 1.82) is 0 Å². The van der Waals surface area contributed by atoms with E-state index in [9.17, 15) is 14.0 Å². The zero-order chi connectivity index (χ0) is 31.5. The first kappa shape index (κ1) is 30.9. The van der Waals surface area contributed by atoms with Gasteiger partial charge in [-0.05, 0) is 82.4 Å². The zero-order valence-electron chi connectivity index (χ0n) is 24.2. The molecule has 3 aromatic carbocycles. The summed E-state index contributed by atoms with van der Waals surface area (Å²) < 4.78 is 33.3. The second-order valence-corrected chi connectivity index (χ2v) is 13.0. The average molecular weight is 753 g/mol. The fourth-order valence-corrected chi connectivity index (χ4v) is 7.61. The molecule has 1 aliphatic heterocycles. The molecule has 0 fully saturated rings. The molecule has 6 rings (SSSR count). The quantitative estimate of drug-likeness (QED) is 0.130. The third kappa shape index (κ3) is 6.37. The molecule has 3 heterocycles. The van der Waals surface area contributed by atoms with Crippen molar-refractivity contribution in [2.45, 2.75) is 19.6 Å². The van der Waals surface area contributed by atoms with Crippen molar-refractivity contribution in [1.82, 2.24) is 4.57 Å². The topological polar surface area (TPSA) is 79.1 Å². The normalized spacial score (nSPS) is 14.6. The zero-order valence-corrected chi connectivity index (χ0v) is 28.0. The van der Waals surface area contributed by atoms with Gasteiger partial charge in [-0.3, -0.25) is 9.36 Å². The Morgan fingerprint density at radius 3 is 2.56 bits per heavy atom. The lowest BCUT2D eigenvalue weighted by atomic mass is 9.97. The van der Waals surface area contributed by atoms with Gasteiger partial charge in [-0.25, -0.2) is 14.2 Å². The number of aromatic nitrogens is 1. The predicted molar refractivity (Wildman–Crippen MR) is 182 cm³/mol. The minimum Gasteiger partial charge on any atom is -0.493 e. The van der Waals surface area contributed by atoms with Crippen molar-refractivity contribution in [3.8, 4) is 11.5 Å². The lowest BCUT2D eigenvalue weighted by Gasteiger charge is -2.24. The summed E-state index contributed by atoms with van der Waals surface area (Å²) in [5.74, 6) is 0.222. The largest absolute Gasteiger partial charge is 0.493 e. The number of thiazole rings is 1. The maximum absolute atomic E-state index is 14.1. The second kappa shape index (κ2) is 13.5. The smallest absolute Gasteiger partial charge is 0.338 e. The Hall–Kier alpha value is -4.07. The number of rotatable bonds is 9. The number of hydrogen-bond acceptors (Lipinski definition) is 8. The van der Waals surface area contributed by atoms with Crippen molar-refractivity contribution < 1.29 is 23.4 Å². The second-order valence-electron chi connectivity index (χ2n) is 9.90. The van der Waals surface area contributed by atoms with Gasteiger partial charge in [0.05, 0.1) is 33.1 Å². The molecule has 11 heteroatoms. The van der Waals surface area contributed by atoms with Gasteiger partial charge in [-0.2, -0.15) is 0 Å². The van der Waals surface area contributed by atoms with Crippen LogP contribution in [0.4, 0.5) is 4.39 Å². The van der Waals surface area contributed by atoms with Crippen molar-refractivity contribution in [3.05, 3.63) is 140 Å². The molecule has 1 atom stereocenters. The van der Waals surface area contributed by atoms with Gasteiger partial charge >= 0.3 is 5.97 Å². The summed E-state index contributed by atoms with van der Waals surface area (Å²) in [6.07, 6.45) is 1.79. The van der Waals surface area contributed by atoms with Crippen molar-refractivity contribution in [2.24, 2.45) is 4.99 Å². The third-order valence-corrected chi connectivity index (χ3v) is 9.74. The van der Waals surface area contributed by atoms with E-state index in [1.165, 1.54) is 34.8 Å². The highest BCUT2D eigenvalue weighted by atomic mass is 127. The fraction of sp³-hybridized carbons (Fsp3) is 0.147. The van der Waals surface area contributed by atoms with Crippen LogP contribution in [0.25, 0.3) is 11.8 Å². The minimum atomic E-state index is -0.699. The Morgan fingerprint density at radius 1 is 1.09 bits per heavy atom. The fourth-order valence-electron chi connectivity index (χ4n) is 5.01. The van der Waals surface area contributed by atoms with E-state index in [0.717, 1.165) is 25.1 Å². The van der Waals surface area contributed by atoms with Gasteiger partial charge in [0.15, 0.2) is 16.3 Å². The molecule has 0 amide bonds. The van der Waals surface area contributed by atoms with Crippen LogP contribution in [0.1, 0.15) is 34.5 Å². The molecule has 1 aliphatic rings. The molecule has 0 aliphatic carbocycles. The molecular weight excluding hydrogens is 726 g/mol. The highest BCUT2D eigenvalue weighted by Crippen LogP contribution is 2.37. The van der Waals surface area contributed by atoms with Gasteiger partial charge in [-0.1, -0.05) is 59.9 Å². The van der Waals surface area contributed by atoms with Gasteiger partial charge in [-0.15, -0.1) is 11.3 Å². The number of benzene rings is 3. The Balaban J connectivity index is 1.46. The van der Waals surface area contributed by atoms with Crippen molar-refractivity contribution >= 4 is 63.0 Å². The molecule has 228 valence electrons. The molecule has 5 aromatic rings. The van der Waals surface area contributed by atoms with E-state index in [1.807, 2.05) is 53.9 Å². The minimum absolute atomic E-state index is 0.191. The predicted octanol–water partition coefficient (Wildman–Crippen LogP) is 6.33. The molecule has 0 saturated carbocycles. The molecule has 0 radical (unpaired) electrons. The number of carbonyl (C=O) groups excluding carboxylic acids is 1. The highest BCUT2D eigenvalue weighted by Gasteiger charge is 2.35. The average Bonchev–Trinajstić information content (AvgIpc) is 3.69. The standard InChI is InChI=1S/C34H26FIN2O5S2/c1-3-42-33(40)28-29(22-8-5-4-6-9-22)37-34-38(30(28)26-10-7-15-44-26)32(39)27(45-34)18-21-16-24(36)31(25(17-21)41-2)43-19-20-11-13-23(35)14-12-20/h4-18,30H,3,19H2,1-2H3/b27-18-/t30-/m1/s1. The molecule has 0 saturated heterocycles. The summed E-state index contributed by atoms with van der Waals surface area (Å²) in [6, 6.07) is 22.4. The summed E-state index contributed by atoms with van der Waals surface area (Å²) >= 11 is 4.89. The van der Waals surface area contributed by atoms with Crippen LogP contribution in [0, 0.1) is 9.39 Å². The first-order valence-electron chi connectivity index (χ1n) is 13.9. The molecule has 45 heavy (non-hydrogen) atoms. The van der Waals surface area contributed by atoms with Crippen molar-refractivity contribution in [2.75, 3.05) is 13.7 Å². The maximum atomic E-state index is 14.1. The van der Waals surface area contributed by atoms with Crippen molar-refractivity contribution in [3.63, 3.8) is 0 Å². The van der Waals surface area contributed by atoms with E-state index >= 15 is 0 Å². The van der Waals surface area contributed by atoms with Gasteiger partial charge in [0.2, 0.25) is 0 Å². The number of nitrogens with zero attached hydrogens (tertiary/aromatic N) is 2. The molecule has 0 N–H and O–H groups in total.